The Labute approximate surface area is 184 Å². The van der Waals surface area contributed by atoms with E-state index in [1.165, 1.54) is 10.7 Å². The van der Waals surface area contributed by atoms with E-state index in [0.717, 1.165) is 16.6 Å². The number of halogens is 1. The van der Waals surface area contributed by atoms with Crippen LogP contribution in [0.3, 0.4) is 0 Å². The predicted molar refractivity (Wildman–Crippen MR) is 120 cm³/mol. The lowest BCUT2D eigenvalue weighted by molar-refractivity contribution is 0.0935. The van der Waals surface area contributed by atoms with Crippen LogP contribution in [0, 0.1) is 5.82 Å². The Hall–Kier alpha value is -4.26. The second kappa shape index (κ2) is 8.11. The summed E-state index contributed by atoms with van der Waals surface area (Å²) in [4.78, 5) is 17.9. The van der Waals surface area contributed by atoms with Crippen LogP contribution in [-0.4, -0.2) is 25.2 Å². The molecule has 0 saturated carbocycles. The number of para-hydroxylation sites is 3. The Bertz CT molecular complexity index is 1410. The van der Waals surface area contributed by atoms with E-state index in [0.29, 0.717) is 5.82 Å². The molecule has 0 saturated heterocycles. The van der Waals surface area contributed by atoms with Gasteiger partial charge in [0.1, 0.15) is 23.4 Å². The zero-order valence-corrected chi connectivity index (χ0v) is 17.3. The molecule has 1 amide bonds. The first-order valence-corrected chi connectivity index (χ1v) is 10.2. The van der Waals surface area contributed by atoms with Crippen molar-refractivity contribution in [2.24, 2.45) is 7.05 Å². The van der Waals surface area contributed by atoms with E-state index in [4.69, 9.17) is 4.98 Å². The van der Waals surface area contributed by atoms with E-state index in [-0.39, 0.29) is 17.3 Å². The molecule has 0 aliphatic carbocycles. The minimum atomic E-state index is -0.486. The number of hydrogen-bond donors (Lipinski definition) is 1. The molecule has 1 unspecified atom stereocenters. The Kier molecular flexibility index (Phi) is 4.99. The van der Waals surface area contributed by atoms with Gasteiger partial charge < -0.3 is 9.88 Å². The smallest absolute Gasteiger partial charge is 0.272 e. The summed E-state index contributed by atoms with van der Waals surface area (Å²) in [5, 5.41) is 7.34. The Morgan fingerprint density at radius 2 is 1.66 bits per heavy atom. The lowest BCUT2D eigenvalue weighted by Gasteiger charge is -2.18. The van der Waals surface area contributed by atoms with Gasteiger partial charge in [-0.25, -0.2) is 14.1 Å². The number of nitrogens with one attached hydrogen (secondary N) is 1. The number of imidazole rings is 1. The van der Waals surface area contributed by atoms with Gasteiger partial charge in [0, 0.05) is 13.2 Å². The zero-order chi connectivity index (χ0) is 22.1. The molecule has 0 fully saturated rings. The standard InChI is InChI=1S/C25H20FN5O/c1-30-22-14-8-6-12-19(22)27-24(30)23(17-9-3-2-4-10-17)28-25(32)20-15-16-31(29-20)21-13-7-5-11-18(21)26/h2-16,23H,1H3,(H,28,32). The molecule has 6 nitrogen and oxygen atoms in total. The normalized spacial score (nSPS) is 12.1. The lowest BCUT2D eigenvalue weighted by Crippen LogP contribution is -2.31. The molecule has 3 aromatic carbocycles. The molecule has 0 aliphatic heterocycles. The van der Waals surface area contributed by atoms with Gasteiger partial charge in [0.15, 0.2) is 5.69 Å². The van der Waals surface area contributed by atoms with Crippen molar-refractivity contribution in [2.75, 3.05) is 0 Å². The van der Waals surface area contributed by atoms with Gasteiger partial charge in [-0.2, -0.15) is 5.10 Å². The monoisotopic (exact) mass is 425 g/mol. The third kappa shape index (κ3) is 3.54. The van der Waals surface area contributed by atoms with Gasteiger partial charge in [0.25, 0.3) is 5.91 Å². The van der Waals surface area contributed by atoms with Crippen LogP contribution in [-0.2, 0) is 7.05 Å². The molecule has 5 rings (SSSR count). The van der Waals surface area contributed by atoms with E-state index < -0.39 is 11.9 Å². The highest BCUT2D eigenvalue weighted by atomic mass is 19.1. The first-order valence-electron chi connectivity index (χ1n) is 10.2. The number of fused-ring (bicyclic) bond motifs is 1. The van der Waals surface area contributed by atoms with Crippen LogP contribution < -0.4 is 5.32 Å². The highest BCUT2D eigenvalue weighted by Gasteiger charge is 2.24. The number of amides is 1. The predicted octanol–water partition coefficient (Wildman–Crippen LogP) is 4.42. The van der Waals surface area contributed by atoms with Crippen molar-refractivity contribution >= 4 is 16.9 Å². The number of benzene rings is 3. The van der Waals surface area contributed by atoms with Crippen molar-refractivity contribution in [3.05, 3.63) is 114 Å². The quantitative estimate of drug-likeness (QED) is 0.453. The summed E-state index contributed by atoms with van der Waals surface area (Å²) in [6, 6.07) is 24.9. The third-order valence-electron chi connectivity index (χ3n) is 5.41. The zero-order valence-electron chi connectivity index (χ0n) is 17.3. The number of hydrogen-bond acceptors (Lipinski definition) is 3. The molecule has 32 heavy (non-hydrogen) atoms. The first-order chi connectivity index (χ1) is 15.6. The van der Waals surface area contributed by atoms with Crippen molar-refractivity contribution in [2.45, 2.75) is 6.04 Å². The second-order valence-electron chi connectivity index (χ2n) is 7.43. The van der Waals surface area contributed by atoms with Crippen LogP contribution >= 0.6 is 0 Å². The molecule has 0 spiro atoms. The number of rotatable bonds is 5. The molecule has 1 N–H and O–H groups in total. The number of carbonyl (C=O) groups excluding carboxylic acids is 1. The molecular weight excluding hydrogens is 405 g/mol. The first kappa shape index (κ1) is 19.7. The van der Waals surface area contributed by atoms with Crippen molar-refractivity contribution in [1.29, 1.82) is 0 Å². The molecule has 0 bridgehead atoms. The van der Waals surface area contributed by atoms with Crippen LogP contribution in [0.1, 0.15) is 27.9 Å². The summed E-state index contributed by atoms with van der Waals surface area (Å²) in [5.74, 6) is -0.0790. The van der Waals surface area contributed by atoms with Gasteiger partial charge in [-0.15, -0.1) is 0 Å². The van der Waals surface area contributed by atoms with Crippen LogP contribution in [0.15, 0.2) is 91.1 Å². The number of aryl methyl sites for hydroxylation is 1. The molecular formula is C25H20FN5O. The van der Waals surface area contributed by atoms with Crippen LogP contribution in [0.4, 0.5) is 4.39 Å². The van der Waals surface area contributed by atoms with E-state index in [1.54, 1.807) is 30.5 Å². The van der Waals surface area contributed by atoms with Gasteiger partial charge in [-0.1, -0.05) is 54.6 Å². The average Bonchev–Trinajstić information content (AvgIpc) is 3.44. The molecule has 7 heteroatoms. The average molecular weight is 425 g/mol. The Balaban J connectivity index is 1.50. The van der Waals surface area contributed by atoms with Crippen LogP contribution in [0.5, 0.6) is 0 Å². The highest BCUT2D eigenvalue weighted by molar-refractivity contribution is 5.92. The summed E-state index contributed by atoms with van der Waals surface area (Å²) >= 11 is 0. The fourth-order valence-corrected chi connectivity index (χ4v) is 3.79. The number of aromatic nitrogens is 4. The van der Waals surface area contributed by atoms with Crippen molar-refractivity contribution in [1.82, 2.24) is 24.6 Å². The molecule has 5 aromatic rings. The maximum absolute atomic E-state index is 14.1. The molecule has 2 aromatic heterocycles. The maximum atomic E-state index is 14.1. The Morgan fingerprint density at radius 3 is 2.44 bits per heavy atom. The summed E-state index contributed by atoms with van der Waals surface area (Å²) in [5.41, 5.74) is 3.19. The van der Waals surface area contributed by atoms with Gasteiger partial charge in [-0.05, 0) is 35.9 Å². The van der Waals surface area contributed by atoms with E-state index in [2.05, 4.69) is 10.4 Å². The fourth-order valence-electron chi connectivity index (χ4n) is 3.79. The minimum absolute atomic E-state index is 0.188. The Morgan fingerprint density at radius 1 is 0.938 bits per heavy atom. The number of nitrogens with zero attached hydrogens (tertiary/aromatic N) is 4. The van der Waals surface area contributed by atoms with Crippen molar-refractivity contribution in [3.63, 3.8) is 0 Å². The third-order valence-corrected chi connectivity index (χ3v) is 5.41. The topological polar surface area (TPSA) is 64.7 Å². The van der Waals surface area contributed by atoms with E-state index in [1.807, 2.05) is 66.2 Å². The van der Waals surface area contributed by atoms with E-state index >= 15 is 0 Å². The van der Waals surface area contributed by atoms with E-state index in [9.17, 15) is 9.18 Å². The summed E-state index contributed by atoms with van der Waals surface area (Å²) < 4.78 is 17.4. The molecule has 1 atom stereocenters. The second-order valence-corrected chi connectivity index (χ2v) is 7.43. The van der Waals surface area contributed by atoms with Crippen molar-refractivity contribution in [3.8, 4) is 5.69 Å². The largest absolute Gasteiger partial charge is 0.337 e. The van der Waals surface area contributed by atoms with Crippen LogP contribution in [0.25, 0.3) is 16.7 Å². The van der Waals surface area contributed by atoms with Crippen molar-refractivity contribution < 1.29 is 9.18 Å². The minimum Gasteiger partial charge on any atom is -0.337 e. The van der Waals surface area contributed by atoms with Gasteiger partial charge in [0.2, 0.25) is 0 Å². The lowest BCUT2D eigenvalue weighted by atomic mass is 10.1. The molecule has 158 valence electrons. The highest BCUT2D eigenvalue weighted by Crippen LogP contribution is 2.25. The molecule has 0 radical (unpaired) electrons. The number of carbonyl (C=O) groups is 1. The fraction of sp³-hybridized carbons (Fsp3) is 0.0800. The van der Waals surface area contributed by atoms with Gasteiger partial charge in [-0.3, -0.25) is 4.79 Å². The SMILES string of the molecule is Cn1c(C(NC(=O)c2ccn(-c3ccccc3F)n2)c2ccccc2)nc2ccccc21. The summed E-state index contributed by atoms with van der Waals surface area (Å²) in [6.07, 6.45) is 1.57. The van der Waals surface area contributed by atoms with Gasteiger partial charge in [0.05, 0.1) is 11.0 Å². The summed E-state index contributed by atoms with van der Waals surface area (Å²) in [6.45, 7) is 0. The van der Waals surface area contributed by atoms with Crippen LogP contribution in [0.2, 0.25) is 0 Å². The molecule has 2 heterocycles. The van der Waals surface area contributed by atoms with Gasteiger partial charge >= 0.3 is 0 Å². The molecule has 0 aliphatic rings. The summed E-state index contributed by atoms with van der Waals surface area (Å²) in [7, 11) is 1.93. The maximum Gasteiger partial charge on any atom is 0.272 e.